The lowest BCUT2D eigenvalue weighted by atomic mass is 9.89. The van der Waals surface area contributed by atoms with Crippen molar-refractivity contribution in [2.45, 2.75) is 52.4 Å². The van der Waals surface area contributed by atoms with E-state index in [1.165, 1.54) is 35.3 Å². The Labute approximate surface area is 148 Å². The molecule has 0 radical (unpaired) electrons. The Kier molecular flexibility index (Phi) is 4.04. The van der Waals surface area contributed by atoms with E-state index in [-0.39, 0.29) is 5.41 Å². The largest absolute Gasteiger partial charge is 0.353 e. The van der Waals surface area contributed by atoms with Gasteiger partial charge >= 0.3 is 0 Å². The van der Waals surface area contributed by atoms with Gasteiger partial charge in [0, 0.05) is 36.5 Å². The van der Waals surface area contributed by atoms with Crippen molar-refractivity contribution in [1.82, 2.24) is 15.3 Å². The fourth-order valence-corrected chi connectivity index (χ4v) is 5.14. The summed E-state index contributed by atoms with van der Waals surface area (Å²) < 4.78 is 0. The lowest BCUT2D eigenvalue weighted by molar-refractivity contribution is 0.509. The summed E-state index contributed by atoms with van der Waals surface area (Å²) in [5.74, 6) is 2.97. The predicted molar refractivity (Wildman–Crippen MR) is 102 cm³/mol. The summed E-state index contributed by atoms with van der Waals surface area (Å²) in [5, 5.41) is 4.82. The number of rotatable bonds is 1. The maximum Gasteiger partial charge on any atom is 0.141 e. The Hall–Kier alpha value is -1.20. The zero-order chi connectivity index (χ0) is 16.9. The van der Waals surface area contributed by atoms with Crippen molar-refractivity contribution >= 4 is 27.4 Å². The number of aryl methyl sites for hydroxylation is 1. The van der Waals surface area contributed by atoms with Gasteiger partial charge in [-0.05, 0) is 30.7 Å². The first-order valence-electron chi connectivity index (χ1n) is 9.22. The van der Waals surface area contributed by atoms with Crippen LogP contribution in [0.1, 0.15) is 50.4 Å². The molecule has 24 heavy (non-hydrogen) atoms. The zero-order valence-electron chi connectivity index (χ0n) is 15.3. The highest BCUT2D eigenvalue weighted by Gasteiger charge is 2.28. The van der Waals surface area contributed by atoms with Crippen molar-refractivity contribution < 1.29 is 0 Å². The Bertz CT molecular complexity index is 753. The molecule has 5 heteroatoms. The fraction of sp³-hybridized carbons (Fsp3) is 0.684. The third-order valence-electron chi connectivity index (χ3n) is 5.22. The molecule has 0 unspecified atom stereocenters. The minimum Gasteiger partial charge on any atom is -0.353 e. The minimum atomic E-state index is -0.0191. The Morgan fingerprint density at radius 1 is 1.17 bits per heavy atom. The van der Waals surface area contributed by atoms with E-state index in [1.807, 2.05) is 11.3 Å². The summed E-state index contributed by atoms with van der Waals surface area (Å²) in [6, 6.07) is 0. The van der Waals surface area contributed by atoms with Crippen LogP contribution in [0.25, 0.3) is 10.2 Å². The van der Waals surface area contributed by atoms with Crippen LogP contribution in [0.15, 0.2) is 0 Å². The molecule has 1 fully saturated rings. The van der Waals surface area contributed by atoms with Crippen LogP contribution in [-0.2, 0) is 18.3 Å². The van der Waals surface area contributed by atoms with E-state index in [4.69, 9.17) is 9.97 Å². The Morgan fingerprint density at radius 2 is 1.92 bits per heavy atom. The van der Waals surface area contributed by atoms with E-state index in [1.54, 1.807) is 10.4 Å². The van der Waals surface area contributed by atoms with Gasteiger partial charge in [0.05, 0.1) is 5.39 Å². The van der Waals surface area contributed by atoms with E-state index in [2.05, 4.69) is 37.9 Å². The number of hydrogen-bond acceptors (Lipinski definition) is 5. The molecule has 130 valence electrons. The molecule has 4 rings (SSSR count). The molecule has 1 aliphatic heterocycles. The number of fused-ring (bicyclic) bond motifs is 3. The van der Waals surface area contributed by atoms with Gasteiger partial charge in [0.1, 0.15) is 16.5 Å². The first-order chi connectivity index (χ1) is 11.4. The van der Waals surface area contributed by atoms with Crippen molar-refractivity contribution in [1.29, 1.82) is 0 Å². The molecule has 0 saturated carbocycles. The topological polar surface area (TPSA) is 41.1 Å². The third kappa shape index (κ3) is 2.82. The molecule has 4 nitrogen and oxygen atoms in total. The molecule has 0 spiro atoms. The number of thiophene rings is 1. The quantitative estimate of drug-likeness (QED) is 0.859. The van der Waals surface area contributed by atoms with Gasteiger partial charge in [0.25, 0.3) is 0 Å². The highest BCUT2D eigenvalue weighted by molar-refractivity contribution is 7.19. The second-order valence-corrected chi connectivity index (χ2v) is 9.47. The van der Waals surface area contributed by atoms with E-state index < -0.39 is 0 Å². The first kappa shape index (κ1) is 16.3. The molecule has 0 aromatic carbocycles. The van der Waals surface area contributed by atoms with Crippen LogP contribution in [0.5, 0.6) is 0 Å². The lowest BCUT2D eigenvalue weighted by Gasteiger charge is -2.30. The smallest absolute Gasteiger partial charge is 0.141 e. The van der Waals surface area contributed by atoms with Gasteiger partial charge in [-0.3, -0.25) is 0 Å². The standard InChI is InChI=1S/C19H28N4S/c1-12-5-6-13-14(11-12)24-17-15(13)16(23-9-7-20-8-10-23)21-18(22-17)19(2,3)4/h12,20H,5-11H2,1-4H3/t12-/m0/s1. The monoisotopic (exact) mass is 344 g/mol. The molecule has 1 atom stereocenters. The second kappa shape index (κ2) is 5.95. The van der Waals surface area contributed by atoms with Crippen LogP contribution < -0.4 is 10.2 Å². The number of piperazine rings is 1. The minimum absolute atomic E-state index is 0.0191. The molecule has 3 heterocycles. The van der Waals surface area contributed by atoms with Crippen molar-refractivity contribution in [2.24, 2.45) is 5.92 Å². The third-order valence-corrected chi connectivity index (χ3v) is 6.37. The Balaban J connectivity index is 1.92. The van der Waals surface area contributed by atoms with Gasteiger partial charge in [-0.1, -0.05) is 27.7 Å². The fourth-order valence-electron chi connectivity index (χ4n) is 3.76. The number of nitrogens with one attached hydrogen (secondary N) is 1. The summed E-state index contributed by atoms with van der Waals surface area (Å²) in [5.41, 5.74) is 1.52. The molecular weight excluding hydrogens is 316 g/mol. The van der Waals surface area contributed by atoms with E-state index in [9.17, 15) is 0 Å². The van der Waals surface area contributed by atoms with Gasteiger partial charge in [-0.2, -0.15) is 0 Å². The van der Waals surface area contributed by atoms with Gasteiger partial charge in [-0.15, -0.1) is 11.3 Å². The SMILES string of the molecule is C[C@H]1CCc2c(sc3nc(C(C)(C)C)nc(N4CCNCC4)c23)C1. The van der Waals surface area contributed by atoms with Crippen molar-refractivity contribution in [3.63, 3.8) is 0 Å². The summed E-state index contributed by atoms with van der Waals surface area (Å²) in [4.78, 5) is 15.3. The summed E-state index contributed by atoms with van der Waals surface area (Å²) >= 11 is 1.92. The van der Waals surface area contributed by atoms with Crippen LogP contribution in [-0.4, -0.2) is 36.1 Å². The van der Waals surface area contributed by atoms with E-state index in [0.29, 0.717) is 0 Å². The highest BCUT2D eigenvalue weighted by atomic mass is 32.1. The van der Waals surface area contributed by atoms with Crippen molar-refractivity contribution in [2.75, 3.05) is 31.1 Å². The normalized spacial score (nSPS) is 22.0. The number of aromatic nitrogens is 2. The molecule has 0 bridgehead atoms. The molecule has 2 aromatic heterocycles. The summed E-state index contributed by atoms with van der Waals surface area (Å²) in [7, 11) is 0. The summed E-state index contributed by atoms with van der Waals surface area (Å²) in [6.07, 6.45) is 3.69. The van der Waals surface area contributed by atoms with Crippen molar-refractivity contribution in [3.05, 3.63) is 16.3 Å². The van der Waals surface area contributed by atoms with Crippen LogP contribution in [0, 0.1) is 5.92 Å². The molecule has 1 N–H and O–H groups in total. The van der Waals surface area contributed by atoms with Gasteiger partial charge < -0.3 is 10.2 Å². The van der Waals surface area contributed by atoms with Crippen LogP contribution >= 0.6 is 11.3 Å². The molecule has 2 aromatic rings. The second-order valence-electron chi connectivity index (χ2n) is 8.39. The van der Waals surface area contributed by atoms with Crippen LogP contribution in [0.2, 0.25) is 0 Å². The van der Waals surface area contributed by atoms with Crippen LogP contribution in [0.4, 0.5) is 5.82 Å². The molecular formula is C19H28N4S. The van der Waals surface area contributed by atoms with E-state index in [0.717, 1.165) is 37.9 Å². The Morgan fingerprint density at radius 3 is 2.62 bits per heavy atom. The number of anilines is 1. The molecule has 0 amide bonds. The first-order valence-corrected chi connectivity index (χ1v) is 10.0. The van der Waals surface area contributed by atoms with Gasteiger partial charge in [0.2, 0.25) is 0 Å². The average Bonchev–Trinajstić information content (AvgIpc) is 2.91. The molecule has 1 saturated heterocycles. The number of hydrogen-bond donors (Lipinski definition) is 1. The van der Waals surface area contributed by atoms with Crippen LogP contribution in [0.3, 0.4) is 0 Å². The van der Waals surface area contributed by atoms with E-state index >= 15 is 0 Å². The molecule has 2 aliphatic rings. The highest BCUT2D eigenvalue weighted by Crippen LogP contribution is 2.42. The van der Waals surface area contributed by atoms with Gasteiger partial charge in [-0.25, -0.2) is 9.97 Å². The predicted octanol–water partition coefficient (Wildman–Crippen LogP) is 3.52. The maximum absolute atomic E-state index is 5.09. The molecule has 1 aliphatic carbocycles. The average molecular weight is 345 g/mol. The lowest BCUT2D eigenvalue weighted by Crippen LogP contribution is -2.44. The zero-order valence-corrected chi connectivity index (χ0v) is 16.1. The van der Waals surface area contributed by atoms with Gasteiger partial charge in [0.15, 0.2) is 0 Å². The van der Waals surface area contributed by atoms with Crippen molar-refractivity contribution in [3.8, 4) is 0 Å². The summed E-state index contributed by atoms with van der Waals surface area (Å²) in [6.45, 7) is 13.2. The number of nitrogens with zero attached hydrogens (tertiary/aromatic N) is 3. The maximum atomic E-state index is 5.09.